The molecule has 0 spiro atoms. The van der Waals surface area contributed by atoms with Crippen LogP contribution in [0.1, 0.15) is 6.92 Å². The maximum absolute atomic E-state index is 5.94. The highest BCUT2D eigenvalue weighted by Gasteiger charge is 2.10. The van der Waals surface area contributed by atoms with Crippen LogP contribution < -0.4 is 14.8 Å². The van der Waals surface area contributed by atoms with Gasteiger partial charge in [0.2, 0.25) is 0 Å². The Morgan fingerprint density at radius 3 is 2.57 bits per heavy atom. The average Bonchev–Trinajstić information content (AvgIpc) is 2.60. The van der Waals surface area contributed by atoms with Crippen molar-refractivity contribution in [3.05, 3.63) is 54.9 Å². The van der Waals surface area contributed by atoms with Crippen LogP contribution in [-0.4, -0.2) is 29.7 Å². The van der Waals surface area contributed by atoms with E-state index in [4.69, 9.17) is 9.47 Å². The summed E-state index contributed by atoms with van der Waals surface area (Å²) in [7, 11) is 1.64. The number of aromatic nitrogens is 2. The van der Waals surface area contributed by atoms with Gasteiger partial charge in [0.1, 0.15) is 18.2 Å². The van der Waals surface area contributed by atoms with Gasteiger partial charge in [-0.15, -0.1) is 0 Å². The van der Waals surface area contributed by atoms with Gasteiger partial charge in [-0.2, -0.15) is 0 Å². The zero-order valence-corrected chi connectivity index (χ0v) is 13.2. The number of fused-ring (bicyclic) bond motifs is 1. The van der Waals surface area contributed by atoms with E-state index in [1.54, 1.807) is 13.4 Å². The predicted molar refractivity (Wildman–Crippen MR) is 91.1 cm³/mol. The van der Waals surface area contributed by atoms with E-state index in [0.717, 1.165) is 28.2 Å². The number of anilines is 1. The summed E-state index contributed by atoms with van der Waals surface area (Å²) in [6.45, 7) is 2.63. The van der Waals surface area contributed by atoms with E-state index in [9.17, 15) is 0 Å². The van der Waals surface area contributed by atoms with Gasteiger partial charge < -0.3 is 14.8 Å². The zero-order chi connectivity index (χ0) is 16.1. The summed E-state index contributed by atoms with van der Waals surface area (Å²) in [6, 6.07) is 15.5. The molecule has 0 saturated heterocycles. The van der Waals surface area contributed by atoms with Crippen molar-refractivity contribution in [2.24, 2.45) is 0 Å². The Labute approximate surface area is 135 Å². The SMILES string of the molecule is COc1ccccc1OC(C)CNc1ncnc2ccccc12. The predicted octanol–water partition coefficient (Wildman–Crippen LogP) is 3.52. The molecule has 0 amide bonds. The fourth-order valence-corrected chi connectivity index (χ4v) is 2.36. The molecule has 118 valence electrons. The molecule has 0 aliphatic carbocycles. The van der Waals surface area contributed by atoms with E-state index in [-0.39, 0.29) is 6.10 Å². The van der Waals surface area contributed by atoms with Crippen molar-refractivity contribution in [3.63, 3.8) is 0 Å². The number of para-hydroxylation sites is 3. The van der Waals surface area contributed by atoms with E-state index >= 15 is 0 Å². The number of nitrogens with one attached hydrogen (secondary N) is 1. The maximum Gasteiger partial charge on any atom is 0.161 e. The van der Waals surface area contributed by atoms with Crippen molar-refractivity contribution in [3.8, 4) is 11.5 Å². The van der Waals surface area contributed by atoms with Crippen LogP contribution in [-0.2, 0) is 0 Å². The Balaban J connectivity index is 1.68. The van der Waals surface area contributed by atoms with E-state index < -0.39 is 0 Å². The molecule has 1 N–H and O–H groups in total. The summed E-state index contributed by atoms with van der Waals surface area (Å²) >= 11 is 0. The lowest BCUT2D eigenvalue weighted by atomic mass is 10.2. The topological polar surface area (TPSA) is 56.3 Å². The lowest BCUT2D eigenvalue weighted by molar-refractivity contribution is 0.223. The van der Waals surface area contributed by atoms with E-state index in [1.807, 2.05) is 55.5 Å². The summed E-state index contributed by atoms with van der Waals surface area (Å²) in [5.41, 5.74) is 0.920. The number of nitrogens with zero attached hydrogens (tertiary/aromatic N) is 2. The number of benzene rings is 2. The van der Waals surface area contributed by atoms with Crippen molar-refractivity contribution in [2.75, 3.05) is 19.0 Å². The van der Waals surface area contributed by atoms with Gasteiger partial charge in [0.05, 0.1) is 19.2 Å². The first-order valence-electron chi connectivity index (χ1n) is 7.51. The molecule has 5 heteroatoms. The van der Waals surface area contributed by atoms with Crippen molar-refractivity contribution in [2.45, 2.75) is 13.0 Å². The van der Waals surface area contributed by atoms with Gasteiger partial charge >= 0.3 is 0 Å². The average molecular weight is 309 g/mol. The maximum atomic E-state index is 5.94. The smallest absolute Gasteiger partial charge is 0.161 e. The number of methoxy groups -OCH3 is 1. The van der Waals surface area contributed by atoms with Gasteiger partial charge in [-0.25, -0.2) is 9.97 Å². The Morgan fingerprint density at radius 1 is 1.00 bits per heavy atom. The summed E-state index contributed by atoms with van der Waals surface area (Å²) in [6.07, 6.45) is 1.52. The first-order chi connectivity index (χ1) is 11.3. The Hall–Kier alpha value is -2.82. The Kier molecular flexibility index (Phi) is 4.57. The van der Waals surface area contributed by atoms with Crippen LogP contribution in [0.5, 0.6) is 11.5 Å². The molecule has 0 bridgehead atoms. The van der Waals surface area contributed by atoms with Crippen LogP contribution in [0, 0.1) is 0 Å². The fraction of sp³-hybridized carbons (Fsp3) is 0.222. The summed E-state index contributed by atoms with van der Waals surface area (Å²) in [4.78, 5) is 8.58. The molecule has 0 saturated carbocycles. The van der Waals surface area contributed by atoms with Gasteiger partial charge in [0, 0.05) is 5.39 Å². The van der Waals surface area contributed by atoms with E-state index in [0.29, 0.717) is 6.54 Å². The lowest BCUT2D eigenvalue weighted by Gasteiger charge is -2.18. The molecule has 1 unspecified atom stereocenters. The van der Waals surface area contributed by atoms with E-state index in [2.05, 4.69) is 15.3 Å². The largest absolute Gasteiger partial charge is 0.493 e. The van der Waals surface area contributed by atoms with Crippen LogP contribution in [0.15, 0.2) is 54.9 Å². The van der Waals surface area contributed by atoms with Gasteiger partial charge in [-0.3, -0.25) is 0 Å². The molecule has 5 nitrogen and oxygen atoms in total. The highest BCUT2D eigenvalue weighted by molar-refractivity contribution is 5.88. The van der Waals surface area contributed by atoms with Crippen LogP contribution in [0.25, 0.3) is 10.9 Å². The summed E-state index contributed by atoms with van der Waals surface area (Å²) in [5, 5.41) is 4.33. The van der Waals surface area contributed by atoms with Crippen molar-refractivity contribution in [1.82, 2.24) is 9.97 Å². The second-order valence-electron chi connectivity index (χ2n) is 5.20. The number of hydrogen-bond acceptors (Lipinski definition) is 5. The van der Waals surface area contributed by atoms with Crippen molar-refractivity contribution in [1.29, 1.82) is 0 Å². The molecule has 1 heterocycles. The van der Waals surface area contributed by atoms with Crippen LogP contribution in [0.3, 0.4) is 0 Å². The molecule has 3 aromatic rings. The minimum atomic E-state index is -0.0416. The van der Waals surface area contributed by atoms with Crippen LogP contribution >= 0.6 is 0 Å². The first kappa shape index (κ1) is 15.1. The summed E-state index contributed by atoms with van der Waals surface area (Å²) < 4.78 is 11.2. The minimum absolute atomic E-state index is 0.0416. The Bertz CT molecular complexity index is 787. The Morgan fingerprint density at radius 2 is 1.74 bits per heavy atom. The third-order valence-corrected chi connectivity index (χ3v) is 3.50. The number of hydrogen-bond donors (Lipinski definition) is 1. The molecule has 0 aliphatic rings. The molecule has 1 atom stereocenters. The van der Waals surface area contributed by atoms with Gasteiger partial charge in [-0.05, 0) is 31.2 Å². The third-order valence-electron chi connectivity index (χ3n) is 3.50. The highest BCUT2D eigenvalue weighted by Crippen LogP contribution is 2.27. The van der Waals surface area contributed by atoms with Crippen LogP contribution in [0.4, 0.5) is 5.82 Å². The first-order valence-corrected chi connectivity index (χ1v) is 7.51. The molecule has 0 aliphatic heterocycles. The third kappa shape index (κ3) is 3.51. The second-order valence-corrected chi connectivity index (χ2v) is 5.20. The standard InChI is InChI=1S/C18H19N3O2/c1-13(23-17-10-6-5-9-16(17)22-2)11-19-18-14-7-3-4-8-15(14)20-12-21-18/h3-10,12-13H,11H2,1-2H3,(H,19,20,21). The molecular formula is C18H19N3O2. The van der Waals surface area contributed by atoms with Crippen molar-refractivity contribution >= 4 is 16.7 Å². The van der Waals surface area contributed by atoms with Gasteiger partial charge in [0.25, 0.3) is 0 Å². The quantitative estimate of drug-likeness (QED) is 0.755. The molecule has 23 heavy (non-hydrogen) atoms. The van der Waals surface area contributed by atoms with Crippen LogP contribution in [0.2, 0.25) is 0 Å². The number of ether oxygens (including phenoxy) is 2. The zero-order valence-electron chi connectivity index (χ0n) is 13.2. The molecule has 3 rings (SSSR count). The van der Waals surface area contributed by atoms with Gasteiger partial charge in [0.15, 0.2) is 11.5 Å². The monoisotopic (exact) mass is 309 g/mol. The second kappa shape index (κ2) is 6.96. The normalized spacial score (nSPS) is 11.9. The minimum Gasteiger partial charge on any atom is -0.493 e. The summed E-state index contributed by atoms with van der Waals surface area (Å²) in [5.74, 6) is 2.27. The lowest BCUT2D eigenvalue weighted by Crippen LogP contribution is -2.23. The molecular weight excluding hydrogens is 290 g/mol. The molecule has 2 aromatic carbocycles. The van der Waals surface area contributed by atoms with E-state index in [1.165, 1.54) is 0 Å². The number of rotatable bonds is 6. The molecule has 0 radical (unpaired) electrons. The highest BCUT2D eigenvalue weighted by atomic mass is 16.5. The molecule has 1 aromatic heterocycles. The fourth-order valence-electron chi connectivity index (χ4n) is 2.36. The van der Waals surface area contributed by atoms with Crippen molar-refractivity contribution < 1.29 is 9.47 Å². The van der Waals surface area contributed by atoms with Gasteiger partial charge in [-0.1, -0.05) is 24.3 Å². The molecule has 0 fully saturated rings.